The van der Waals surface area contributed by atoms with Gasteiger partial charge in [0.2, 0.25) is 5.91 Å². The maximum atomic E-state index is 12.7. The summed E-state index contributed by atoms with van der Waals surface area (Å²) in [4.78, 5) is 28.8. The molecule has 0 aromatic heterocycles. The minimum Gasteiger partial charge on any atom is -0.493 e. The van der Waals surface area contributed by atoms with Gasteiger partial charge in [0.1, 0.15) is 0 Å². The number of amides is 2. The number of ether oxygens (including phenoxy) is 2. The molecule has 0 radical (unpaired) electrons. The van der Waals surface area contributed by atoms with Gasteiger partial charge in [0, 0.05) is 31.7 Å². The molecule has 7 heteroatoms. The lowest BCUT2D eigenvalue weighted by Gasteiger charge is -2.38. The van der Waals surface area contributed by atoms with Gasteiger partial charge in [-0.15, -0.1) is 0 Å². The second kappa shape index (κ2) is 8.40. The largest absolute Gasteiger partial charge is 0.493 e. The van der Waals surface area contributed by atoms with Crippen LogP contribution in [0.5, 0.6) is 11.5 Å². The highest BCUT2D eigenvalue weighted by Gasteiger charge is 2.34. The molecule has 2 rings (SSSR count). The fraction of sp³-hybridized carbons (Fsp3) is 0.579. The van der Waals surface area contributed by atoms with E-state index in [2.05, 4.69) is 0 Å². The van der Waals surface area contributed by atoms with Crippen molar-refractivity contribution in [3.63, 3.8) is 0 Å². The van der Waals surface area contributed by atoms with Crippen molar-refractivity contribution in [2.75, 3.05) is 40.4 Å². The highest BCUT2D eigenvalue weighted by atomic mass is 16.5. The molecule has 144 valence electrons. The van der Waals surface area contributed by atoms with E-state index in [0.717, 1.165) is 6.42 Å². The van der Waals surface area contributed by atoms with E-state index in [1.165, 1.54) is 7.11 Å². The van der Waals surface area contributed by atoms with Crippen molar-refractivity contribution < 1.29 is 19.1 Å². The van der Waals surface area contributed by atoms with E-state index < -0.39 is 5.54 Å². The number of carbonyl (C=O) groups is 2. The number of hydrogen-bond acceptors (Lipinski definition) is 5. The predicted molar refractivity (Wildman–Crippen MR) is 99.5 cm³/mol. The van der Waals surface area contributed by atoms with Crippen molar-refractivity contribution in [2.24, 2.45) is 5.73 Å². The van der Waals surface area contributed by atoms with E-state index in [-0.39, 0.29) is 11.8 Å². The number of nitrogens with two attached hydrogens (primary N) is 1. The van der Waals surface area contributed by atoms with Gasteiger partial charge in [-0.05, 0) is 31.5 Å². The third-order valence-electron chi connectivity index (χ3n) is 4.74. The fourth-order valence-electron chi connectivity index (χ4n) is 3.25. The van der Waals surface area contributed by atoms with Crippen LogP contribution in [0, 0.1) is 0 Å². The van der Waals surface area contributed by atoms with Gasteiger partial charge in [-0.25, -0.2) is 0 Å². The number of piperazine rings is 1. The number of rotatable bonds is 6. The van der Waals surface area contributed by atoms with Crippen LogP contribution < -0.4 is 15.2 Å². The van der Waals surface area contributed by atoms with Gasteiger partial charge in [0.15, 0.2) is 11.5 Å². The Labute approximate surface area is 155 Å². The zero-order valence-electron chi connectivity index (χ0n) is 16.1. The van der Waals surface area contributed by atoms with Crippen LogP contribution in [0.3, 0.4) is 0 Å². The molecule has 1 atom stereocenters. The summed E-state index contributed by atoms with van der Waals surface area (Å²) in [7, 11) is 3.09. The summed E-state index contributed by atoms with van der Waals surface area (Å²) < 4.78 is 10.5. The summed E-state index contributed by atoms with van der Waals surface area (Å²) >= 11 is 0. The topological polar surface area (TPSA) is 85.1 Å². The van der Waals surface area contributed by atoms with Crippen LogP contribution in [0.1, 0.15) is 37.0 Å². The molecule has 1 aliphatic rings. The van der Waals surface area contributed by atoms with Gasteiger partial charge in [-0.1, -0.05) is 13.3 Å². The standard InChI is InChI=1S/C19H29N3O4/c1-5-8-19(2,20)18(24)22-11-9-21(10-12-22)17(23)14-6-7-15(25-3)16(13-14)26-4/h6-7,13H,5,8-12,20H2,1-4H3. The lowest BCUT2D eigenvalue weighted by atomic mass is 9.95. The van der Waals surface area contributed by atoms with Crippen LogP contribution >= 0.6 is 0 Å². The Morgan fingerprint density at radius 1 is 1.08 bits per heavy atom. The maximum absolute atomic E-state index is 12.7. The van der Waals surface area contributed by atoms with Crippen LogP contribution in [0.25, 0.3) is 0 Å². The van der Waals surface area contributed by atoms with Crippen LogP contribution in [0.15, 0.2) is 18.2 Å². The maximum Gasteiger partial charge on any atom is 0.254 e. The molecule has 1 aliphatic heterocycles. The van der Waals surface area contributed by atoms with Gasteiger partial charge >= 0.3 is 0 Å². The Balaban J connectivity index is 2.01. The average molecular weight is 363 g/mol. The summed E-state index contributed by atoms with van der Waals surface area (Å²) in [6, 6.07) is 5.12. The third-order valence-corrected chi connectivity index (χ3v) is 4.74. The summed E-state index contributed by atoms with van der Waals surface area (Å²) in [6.07, 6.45) is 1.51. The molecule has 1 unspecified atom stereocenters. The van der Waals surface area contributed by atoms with Crippen molar-refractivity contribution in [1.29, 1.82) is 0 Å². The van der Waals surface area contributed by atoms with Gasteiger partial charge in [0.05, 0.1) is 19.8 Å². The monoisotopic (exact) mass is 363 g/mol. The highest BCUT2D eigenvalue weighted by molar-refractivity contribution is 5.95. The molecule has 0 spiro atoms. The molecule has 2 N–H and O–H groups in total. The summed E-state index contributed by atoms with van der Waals surface area (Å²) in [5.41, 5.74) is 5.84. The Hall–Kier alpha value is -2.28. The molecule has 1 aromatic rings. The third kappa shape index (κ3) is 4.27. The first-order valence-electron chi connectivity index (χ1n) is 8.93. The number of nitrogens with zero attached hydrogens (tertiary/aromatic N) is 2. The molecule has 1 aromatic carbocycles. The summed E-state index contributed by atoms with van der Waals surface area (Å²) in [5.74, 6) is 0.975. The van der Waals surface area contributed by atoms with Crippen LogP contribution in [-0.2, 0) is 4.79 Å². The summed E-state index contributed by atoms with van der Waals surface area (Å²) in [5, 5.41) is 0. The molecule has 26 heavy (non-hydrogen) atoms. The first-order valence-corrected chi connectivity index (χ1v) is 8.93. The molecular weight excluding hydrogens is 334 g/mol. The number of hydrogen-bond donors (Lipinski definition) is 1. The van der Waals surface area contributed by atoms with Crippen LogP contribution in [0.2, 0.25) is 0 Å². The molecule has 0 saturated carbocycles. The quantitative estimate of drug-likeness (QED) is 0.828. The zero-order valence-corrected chi connectivity index (χ0v) is 16.1. The number of benzene rings is 1. The van der Waals surface area contributed by atoms with Crippen molar-refractivity contribution in [2.45, 2.75) is 32.2 Å². The van der Waals surface area contributed by atoms with E-state index >= 15 is 0 Å². The smallest absolute Gasteiger partial charge is 0.254 e. The van der Waals surface area contributed by atoms with E-state index in [4.69, 9.17) is 15.2 Å². The SMILES string of the molecule is CCCC(C)(N)C(=O)N1CCN(C(=O)c2ccc(OC)c(OC)c2)CC1. The van der Waals surface area contributed by atoms with Crippen molar-refractivity contribution in [3.05, 3.63) is 23.8 Å². The second-order valence-corrected chi connectivity index (χ2v) is 6.82. The average Bonchev–Trinajstić information content (AvgIpc) is 2.66. The van der Waals surface area contributed by atoms with E-state index in [9.17, 15) is 9.59 Å². The van der Waals surface area contributed by atoms with Crippen molar-refractivity contribution in [1.82, 2.24) is 9.80 Å². The number of methoxy groups -OCH3 is 2. The molecular formula is C19H29N3O4. The van der Waals surface area contributed by atoms with Gasteiger partial charge in [0.25, 0.3) is 5.91 Å². The Morgan fingerprint density at radius 2 is 1.65 bits per heavy atom. The minimum atomic E-state index is -0.843. The normalized spacial score (nSPS) is 16.8. The van der Waals surface area contributed by atoms with E-state index in [1.54, 1.807) is 42.0 Å². The van der Waals surface area contributed by atoms with E-state index in [1.807, 2.05) is 6.92 Å². The first kappa shape index (κ1) is 20.0. The van der Waals surface area contributed by atoms with Gasteiger partial charge < -0.3 is 25.0 Å². The van der Waals surface area contributed by atoms with Gasteiger partial charge in [-0.2, -0.15) is 0 Å². The molecule has 7 nitrogen and oxygen atoms in total. The second-order valence-electron chi connectivity index (χ2n) is 6.82. The number of carbonyl (C=O) groups excluding carboxylic acids is 2. The van der Waals surface area contributed by atoms with E-state index in [0.29, 0.717) is 49.7 Å². The van der Waals surface area contributed by atoms with Crippen molar-refractivity contribution in [3.8, 4) is 11.5 Å². The first-order chi connectivity index (χ1) is 12.3. The zero-order chi connectivity index (χ0) is 19.3. The highest BCUT2D eigenvalue weighted by Crippen LogP contribution is 2.28. The molecule has 1 heterocycles. The molecule has 2 amide bonds. The summed E-state index contributed by atoms with van der Waals surface area (Å²) in [6.45, 7) is 5.75. The molecule has 1 saturated heterocycles. The molecule has 0 aliphatic carbocycles. The molecule has 0 bridgehead atoms. The predicted octanol–water partition coefficient (Wildman–Crippen LogP) is 1.51. The Kier molecular flexibility index (Phi) is 6.47. The van der Waals surface area contributed by atoms with Crippen molar-refractivity contribution >= 4 is 11.8 Å². The Bertz CT molecular complexity index is 652. The molecule has 1 fully saturated rings. The van der Waals surface area contributed by atoms with Crippen LogP contribution in [0.4, 0.5) is 0 Å². The lowest BCUT2D eigenvalue weighted by Crippen LogP contribution is -2.58. The Morgan fingerprint density at radius 3 is 2.19 bits per heavy atom. The fourth-order valence-corrected chi connectivity index (χ4v) is 3.25. The minimum absolute atomic E-state index is 0.0439. The van der Waals surface area contributed by atoms with Gasteiger partial charge in [-0.3, -0.25) is 9.59 Å². The lowest BCUT2D eigenvalue weighted by molar-refractivity contribution is -0.138. The van der Waals surface area contributed by atoms with Crippen LogP contribution in [-0.4, -0.2) is 67.6 Å².